The number of aromatic amines is 1. The number of unbranched alkanes of at least 4 members (excludes halogenated alkanes) is 3. The van der Waals surface area contributed by atoms with Crippen LogP contribution in [0.2, 0.25) is 0 Å². The molecule has 34 heavy (non-hydrogen) atoms. The predicted molar refractivity (Wildman–Crippen MR) is 134 cm³/mol. The summed E-state index contributed by atoms with van der Waals surface area (Å²) in [4.78, 5) is 4.83. The minimum atomic E-state index is -0.107. The zero-order valence-corrected chi connectivity index (χ0v) is 20.1. The summed E-state index contributed by atoms with van der Waals surface area (Å²) in [5, 5.41) is 19.3. The van der Waals surface area contributed by atoms with Gasteiger partial charge in [0.25, 0.3) is 0 Å². The van der Waals surface area contributed by atoms with Crippen LogP contribution < -0.4 is 5.73 Å². The molecule has 8 nitrogen and oxygen atoms in total. The predicted octanol–water partition coefficient (Wildman–Crippen LogP) is 5.10. The first-order chi connectivity index (χ1) is 16.7. The summed E-state index contributed by atoms with van der Waals surface area (Å²) in [5.41, 5.74) is 10.6. The van der Waals surface area contributed by atoms with Crippen molar-refractivity contribution in [1.29, 1.82) is 0 Å². The number of aryl methyl sites for hydroxylation is 1. The van der Waals surface area contributed by atoms with Gasteiger partial charge in [-0.05, 0) is 34.7 Å². The number of nitrogens with one attached hydrogen (secondary N) is 1. The van der Waals surface area contributed by atoms with E-state index >= 15 is 0 Å². The fourth-order valence-corrected chi connectivity index (χ4v) is 4.18. The molecule has 0 saturated heterocycles. The topological polar surface area (TPSA) is 111 Å². The summed E-state index contributed by atoms with van der Waals surface area (Å²) >= 11 is 0. The van der Waals surface area contributed by atoms with Crippen molar-refractivity contribution in [2.24, 2.45) is 5.73 Å². The fraction of sp³-hybridized carbons (Fsp3) is 0.423. The number of H-pyrrole nitrogens is 1. The zero-order valence-electron chi connectivity index (χ0n) is 20.1. The van der Waals surface area contributed by atoms with Crippen molar-refractivity contribution in [3.05, 3.63) is 65.7 Å². The first kappa shape index (κ1) is 23.8. The number of nitrogens with zero attached hydrogens (tertiary/aromatic N) is 6. The number of benzene rings is 2. The highest BCUT2D eigenvalue weighted by molar-refractivity contribution is 5.80. The van der Waals surface area contributed by atoms with Crippen molar-refractivity contribution in [3.8, 4) is 22.5 Å². The van der Waals surface area contributed by atoms with Gasteiger partial charge < -0.3 is 5.73 Å². The van der Waals surface area contributed by atoms with Gasteiger partial charge in [0.1, 0.15) is 5.82 Å². The molecule has 8 heteroatoms. The third-order valence-electron chi connectivity index (χ3n) is 6.06. The van der Waals surface area contributed by atoms with Crippen molar-refractivity contribution in [2.75, 3.05) is 0 Å². The van der Waals surface area contributed by atoms with E-state index in [4.69, 9.17) is 15.8 Å². The molecule has 0 fully saturated rings. The van der Waals surface area contributed by atoms with Gasteiger partial charge in [-0.15, -0.1) is 10.2 Å². The SMILES string of the molecule is CCCCCCc1nc(C(N)CCC)nn1Cc1ccc(-c2ccccc2-c2nn[nH]n2)cc1. The first-order valence-corrected chi connectivity index (χ1v) is 12.3. The Kier molecular flexibility index (Phi) is 8.14. The lowest BCUT2D eigenvalue weighted by molar-refractivity contribution is 0.574. The lowest BCUT2D eigenvalue weighted by atomic mass is 9.98. The molecule has 0 aliphatic carbocycles. The molecule has 4 rings (SSSR count). The van der Waals surface area contributed by atoms with Crippen molar-refractivity contribution in [1.82, 2.24) is 35.4 Å². The van der Waals surface area contributed by atoms with Crippen LogP contribution in [0.1, 0.15) is 75.6 Å². The van der Waals surface area contributed by atoms with E-state index in [1.54, 1.807) is 0 Å². The Morgan fingerprint density at radius 3 is 2.44 bits per heavy atom. The van der Waals surface area contributed by atoms with Gasteiger partial charge >= 0.3 is 0 Å². The van der Waals surface area contributed by atoms with Crippen LogP contribution in [0.15, 0.2) is 48.5 Å². The second kappa shape index (κ2) is 11.7. The molecule has 2 aromatic heterocycles. The summed E-state index contributed by atoms with van der Waals surface area (Å²) in [6.07, 6.45) is 7.67. The van der Waals surface area contributed by atoms with Crippen molar-refractivity contribution >= 4 is 0 Å². The number of hydrogen-bond donors (Lipinski definition) is 2. The molecule has 0 aliphatic rings. The largest absolute Gasteiger partial charge is 0.321 e. The van der Waals surface area contributed by atoms with Gasteiger partial charge in [0, 0.05) is 12.0 Å². The van der Waals surface area contributed by atoms with Gasteiger partial charge in [-0.3, -0.25) is 0 Å². The maximum absolute atomic E-state index is 6.34. The Morgan fingerprint density at radius 1 is 0.941 bits per heavy atom. The van der Waals surface area contributed by atoms with E-state index in [1.165, 1.54) is 24.8 Å². The molecule has 178 valence electrons. The molecule has 0 bridgehead atoms. The number of nitrogens with two attached hydrogens (primary N) is 1. The molecule has 0 saturated carbocycles. The smallest absolute Gasteiger partial charge is 0.205 e. The first-order valence-electron chi connectivity index (χ1n) is 12.3. The normalized spacial score (nSPS) is 12.2. The van der Waals surface area contributed by atoms with E-state index in [0.29, 0.717) is 12.4 Å². The second-order valence-electron chi connectivity index (χ2n) is 8.73. The molecule has 0 amide bonds. The Labute approximate surface area is 201 Å². The summed E-state index contributed by atoms with van der Waals surface area (Å²) in [5.74, 6) is 2.38. The number of rotatable bonds is 12. The third-order valence-corrected chi connectivity index (χ3v) is 6.06. The summed E-state index contributed by atoms with van der Waals surface area (Å²) in [7, 11) is 0. The minimum Gasteiger partial charge on any atom is -0.321 e. The summed E-state index contributed by atoms with van der Waals surface area (Å²) in [6, 6.07) is 16.6. The van der Waals surface area contributed by atoms with Crippen molar-refractivity contribution in [3.63, 3.8) is 0 Å². The molecule has 2 heterocycles. The molecule has 0 radical (unpaired) electrons. The van der Waals surface area contributed by atoms with E-state index in [2.05, 4.69) is 64.8 Å². The summed E-state index contributed by atoms with van der Waals surface area (Å²) < 4.78 is 2.04. The van der Waals surface area contributed by atoms with Crippen molar-refractivity contribution < 1.29 is 0 Å². The molecule has 2 aromatic carbocycles. The molecule has 0 aliphatic heterocycles. The van der Waals surface area contributed by atoms with E-state index in [-0.39, 0.29) is 6.04 Å². The van der Waals surface area contributed by atoms with Gasteiger partial charge in [0.2, 0.25) is 5.82 Å². The second-order valence-corrected chi connectivity index (χ2v) is 8.73. The fourth-order valence-electron chi connectivity index (χ4n) is 4.18. The Balaban J connectivity index is 1.54. The minimum absolute atomic E-state index is 0.107. The van der Waals surface area contributed by atoms with Crippen LogP contribution in [-0.4, -0.2) is 35.4 Å². The van der Waals surface area contributed by atoms with Crippen LogP contribution >= 0.6 is 0 Å². The highest BCUT2D eigenvalue weighted by Crippen LogP contribution is 2.30. The van der Waals surface area contributed by atoms with Gasteiger partial charge in [0.05, 0.1) is 12.6 Å². The standard InChI is InChI=1S/C26H34N8/c1-3-5-6-7-13-24-28-26(23(27)10-4-2)31-34(24)18-19-14-16-20(17-15-19)21-11-8-9-12-22(21)25-29-32-33-30-25/h8-9,11-12,14-17,23H,3-7,10,13,18,27H2,1-2H3,(H,29,30,32,33). The molecular weight excluding hydrogens is 424 g/mol. The molecule has 0 spiro atoms. The van der Waals surface area contributed by atoms with E-state index in [0.717, 1.165) is 54.0 Å². The Hall–Kier alpha value is -3.39. The van der Waals surface area contributed by atoms with Crippen LogP contribution in [-0.2, 0) is 13.0 Å². The maximum Gasteiger partial charge on any atom is 0.205 e. The van der Waals surface area contributed by atoms with Gasteiger partial charge in [-0.1, -0.05) is 88.1 Å². The van der Waals surface area contributed by atoms with Crippen LogP contribution in [0.25, 0.3) is 22.5 Å². The quantitative estimate of drug-likeness (QED) is 0.286. The van der Waals surface area contributed by atoms with E-state index in [1.807, 2.05) is 22.9 Å². The van der Waals surface area contributed by atoms with E-state index in [9.17, 15) is 0 Å². The Bertz CT molecular complexity index is 1150. The van der Waals surface area contributed by atoms with E-state index < -0.39 is 0 Å². The molecular formula is C26H34N8. The molecule has 3 N–H and O–H groups in total. The monoisotopic (exact) mass is 458 g/mol. The van der Waals surface area contributed by atoms with Gasteiger partial charge in [0.15, 0.2) is 5.82 Å². The third kappa shape index (κ3) is 5.75. The summed E-state index contributed by atoms with van der Waals surface area (Å²) in [6.45, 7) is 5.05. The average Bonchev–Trinajstić information content (AvgIpc) is 3.53. The number of tetrazole rings is 1. The highest BCUT2D eigenvalue weighted by Gasteiger charge is 2.16. The average molecular weight is 459 g/mol. The van der Waals surface area contributed by atoms with Gasteiger partial charge in [-0.2, -0.15) is 10.3 Å². The maximum atomic E-state index is 6.34. The number of hydrogen-bond acceptors (Lipinski definition) is 6. The molecule has 4 aromatic rings. The van der Waals surface area contributed by atoms with Crippen LogP contribution in [0, 0.1) is 0 Å². The highest BCUT2D eigenvalue weighted by atomic mass is 15.5. The van der Waals surface area contributed by atoms with Crippen molar-refractivity contribution in [2.45, 2.75) is 71.4 Å². The Morgan fingerprint density at radius 2 is 1.74 bits per heavy atom. The zero-order chi connectivity index (χ0) is 23.8. The molecule has 1 unspecified atom stereocenters. The van der Waals surface area contributed by atoms with Crippen LogP contribution in [0.4, 0.5) is 0 Å². The van der Waals surface area contributed by atoms with Crippen LogP contribution in [0.3, 0.4) is 0 Å². The molecule has 1 atom stereocenters. The number of aromatic nitrogens is 7. The lowest BCUT2D eigenvalue weighted by Crippen LogP contribution is -2.12. The van der Waals surface area contributed by atoms with Crippen LogP contribution in [0.5, 0.6) is 0 Å². The van der Waals surface area contributed by atoms with Gasteiger partial charge in [-0.25, -0.2) is 9.67 Å². The lowest BCUT2D eigenvalue weighted by Gasteiger charge is -2.09.